The lowest BCUT2D eigenvalue weighted by molar-refractivity contribution is -0.115. The molecular weight excluding hydrogens is 494 g/mol. The topological polar surface area (TPSA) is 89.5 Å². The molecule has 7 nitrogen and oxygen atoms in total. The maximum Gasteiger partial charge on any atom is 0.255 e. The summed E-state index contributed by atoms with van der Waals surface area (Å²) in [5, 5.41) is 7.82. The van der Waals surface area contributed by atoms with Crippen LogP contribution in [0.25, 0.3) is 0 Å². The van der Waals surface area contributed by atoms with Crippen LogP contribution < -0.4 is 20.1 Å². The van der Waals surface area contributed by atoms with E-state index in [1.54, 1.807) is 25.3 Å². The number of thioether (sulfide) groups is 1. The van der Waals surface area contributed by atoms with Crippen molar-refractivity contribution in [3.63, 3.8) is 0 Å². The highest BCUT2D eigenvalue weighted by Crippen LogP contribution is 2.37. The first kappa shape index (κ1) is 25.3. The van der Waals surface area contributed by atoms with Crippen LogP contribution in [0.1, 0.15) is 26.9 Å². The highest BCUT2D eigenvalue weighted by molar-refractivity contribution is 8.00. The van der Waals surface area contributed by atoms with Crippen LogP contribution >= 0.6 is 23.1 Å². The molecule has 36 heavy (non-hydrogen) atoms. The van der Waals surface area contributed by atoms with Crippen molar-refractivity contribution in [2.75, 3.05) is 24.9 Å². The van der Waals surface area contributed by atoms with Gasteiger partial charge in [-0.1, -0.05) is 30.3 Å². The number of methoxy groups -OCH3 is 2. The molecule has 1 unspecified atom stereocenters. The number of thiazole rings is 1. The maximum absolute atomic E-state index is 13.2. The minimum atomic E-state index is -0.470. The molecule has 0 aliphatic carbocycles. The van der Waals surface area contributed by atoms with Crippen molar-refractivity contribution in [3.05, 3.63) is 95.0 Å². The first-order valence-corrected chi connectivity index (χ1v) is 12.8. The summed E-state index contributed by atoms with van der Waals surface area (Å²) in [4.78, 5) is 31.1. The first-order chi connectivity index (χ1) is 17.5. The van der Waals surface area contributed by atoms with Crippen LogP contribution in [0.5, 0.6) is 11.5 Å². The second-order valence-corrected chi connectivity index (χ2v) is 9.78. The summed E-state index contributed by atoms with van der Waals surface area (Å²) in [6, 6.07) is 22.0. The number of benzene rings is 3. The van der Waals surface area contributed by atoms with E-state index in [4.69, 9.17) is 9.47 Å². The first-order valence-electron chi connectivity index (χ1n) is 11.0. The molecule has 184 valence electrons. The zero-order valence-electron chi connectivity index (χ0n) is 20.0. The van der Waals surface area contributed by atoms with Gasteiger partial charge in [-0.25, -0.2) is 4.98 Å². The van der Waals surface area contributed by atoms with Gasteiger partial charge in [0, 0.05) is 21.5 Å². The Morgan fingerprint density at radius 2 is 1.64 bits per heavy atom. The Morgan fingerprint density at radius 3 is 2.28 bits per heavy atom. The van der Waals surface area contributed by atoms with Crippen molar-refractivity contribution in [2.24, 2.45) is 0 Å². The molecule has 0 saturated heterocycles. The molecule has 3 aromatic carbocycles. The van der Waals surface area contributed by atoms with E-state index in [1.165, 1.54) is 30.2 Å². The van der Waals surface area contributed by atoms with E-state index >= 15 is 0 Å². The molecule has 0 radical (unpaired) electrons. The highest BCUT2D eigenvalue weighted by atomic mass is 32.2. The summed E-state index contributed by atoms with van der Waals surface area (Å²) in [6.45, 7) is 1.89. The van der Waals surface area contributed by atoms with Crippen molar-refractivity contribution in [1.29, 1.82) is 0 Å². The molecule has 4 rings (SSSR count). The van der Waals surface area contributed by atoms with Gasteiger partial charge in [-0.15, -0.1) is 23.1 Å². The molecule has 0 aliphatic heterocycles. The summed E-state index contributed by atoms with van der Waals surface area (Å²) in [7, 11) is 3.07. The maximum atomic E-state index is 13.2. The van der Waals surface area contributed by atoms with Crippen molar-refractivity contribution in [3.8, 4) is 11.5 Å². The number of anilines is 2. The van der Waals surface area contributed by atoms with Gasteiger partial charge in [0.05, 0.1) is 19.9 Å². The number of aryl methyl sites for hydroxylation is 1. The Labute approximate surface area is 217 Å². The van der Waals surface area contributed by atoms with Crippen LogP contribution in [0.15, 0.2) is 83.1 Å². The zero-order valence-corrected chi connectivity index (χ0v) is 21.6. The van der Waals surface area contributed by atoms with Crippen LogP contribution in [0, 0.1) is 6.92 Å². The van der Waals surface area contributed by atoms with Crippen LogP contribution in [0.2, 0.25) is 0 Å². The lowest BCUT2D eigenvalue weighted by Crippen LogP contribution is -2.19. The van der Waals surface area contributed by atoms with E-state index in [2.05, 4.69) is 15.6 Å². The predicted molar refractivity (Wildman–Crippen MR) is 144 cm³/mol. The second kappa shape index (κ2) is 11.7. The molecule has 2 amide bonds. The summed E-state index contributed by atoms with van der Waals surface area (Å²) >= 11 is 2.83. The molecule has 9 heteroatoms. The minimum Gasteiger partial charge on any atom is -0.493 e. The third-order valence-corrected chi connectivity index (χ3v) is 7.34. The van der Waals surface area contributed by atoms with Gasteiger partial charge in [0.25, 0.3) is 5.91 Å². The molecule has 0 aliphatic rings. The van der Waals surface area contributed by atoms with Gasteiger partial charge in [0.1, 0.15) is 5.25 Å². The van der Waals surface area contributed by atoms with Crippen LogP contribution in [-0.2, 0) is 4.79 Å². The Bertz CT molecular complexity index is 1340. The summed E-state index contributed by atoms with van der Waals surface area (Å²) in [5.41, 5.74) is 2.84. The van der Waals surface area contributed by atoms with Gasteiger partial charge in [0.15, 0.2) is 16.6 Å². The monoisotopic (exact) mass is 519 g/mol. The molecule has 0 bridgehead atoms. The largest absolute Gasteiger partial charge is 0.493 e. The van der Waals surface area contributed by atoms with Gasteiger partial charge >= 0.3 is 0 Å². The number of hydrogen-bond donors (Lipinski definition) is 2. The third-order valence-electron chi connectivity index (χ3n) is 5.20. The number of amides is 2. The Kier molecular flexibility index (Phi) is 8.24. The fourth-order valence-corrected chi connectivity index (χ4v) is 5.13. The number of aromatic nitrogens is 1. The number of nitrogens with one attached hydrogen (secondary N) is 2. The summed E-state index contributed by atoms with van der Waals surface area (Å²) in [6.07, 6.45) is 0. The lowest BCUT2D eigenvalue weighted by atomic mass is 10.1. The molecule has 1 atom stereocenters. The fraction of sp³-hybridized carbons (Fsp3) is 0.148. The summed E-state index contributed by atoms with van der Waals surface area (Å²) in [5.74, 6) is 0.621. The number of carbonyl (C=O) groups excluding carboxylic acids is 2. The van der Waals surface area contributed by atoms with Gasteiger partial charge in [-0.2, -0.15) is 0 Å². The van der Waals surface area contributed by atoms with Gasteiger partial charge in [-0.3, -0.25) is 9.59 Å². The molecule has 2 N–H and O–H groups in total. The normalized spacial score (nSPS) is 11.4. The fourth-order valence-electron chi connectivity index (χ4n) is 3.42. The molecule has 1 aromatic heterocycles. The number of carbonyl (C=O) groups is 2. The summed E-state index contributed by atoms with van der Waals surface area (Å²) < 4.78 is 10.5. The Hall–Kier alpha value is -3.82. The molecule has 0 fully saturated rings. The van der Waals surface area contributed by atoms with Crippen molar-refractivity contribution >= 4 is 45.7 Å². The number of nitrogens with zero attached hydrogens (tertiary/aromatic N) is 1. The number of rotatable bonds is 9. The van der Waals surface area contributed by atoms with E-state index in [1.807, 2.05) is 66.9 Å². The van der Waals surface area contributed by atoms with Crippen LogP contribution in [-0.4, -0.2) is 31.0 Å². The molecule has 4 aromatic rings. The molecule has 0 spiro atoms. The Balaban J connectivity index is 1.47. The molecule has 0 saturated carbocycles. The van der Waals surface area contributed by atoms with Crippen LogP contribution in [0.3, 0.4) is 0 Å². The smallest absolute Gasteiger partial charge is 0.255 e. The van der Waals surface area contributed by atoms with E-state index < -0.39 is 5.25 Å². The third kappa shape index (κ3) is 6.24. The Morgan fingerprint density at radius 1 is 0.917 bits per heavy atom. The minimum absolute atomic E-state index is 0.147. The van der Waals surface area contributed by atoms with Crippen molar-refractivity contribution in [2.45, 2.75) is 17.1 Å². The van der Waals surface area contributed by atoms with Gasteiger partial charge in [0.2, 0.25) is 5.91 Å². The average molecular weight is 520 g/mol. The number of ether oxygens (including phenoxy) is 2. The van der Waals surface area contributed by atoms with Crippen LogP contribution in [0.4, 0.5) is 10.8 Å². The van der Waals surface area contributed by atoms with E-state index in [0.29, 0.717) is 27.9 Å². The predicted octanol–water partition coefficient (Wildman–Crippen LogP) is 6.19. The standard InChI is InChI=1S/C27H25N3O4S2/c1-17-16-35-27(28-17)30-26(32)24(18-7-5-4-6-8-18)36-21-12-10-20(11-13-21)29-25(31)19-9-14-22(33-2)23(15-19)34-3/h4-16,24H,1-3H3,(H,29,31)(H,28,30,32). The van der Waals surface area contributed by atoms with E-state index in [9.17, 15) is 9.59 Å². The lowest BCUT2D eigenvalue weighted by Gasteiger charge is -2.16. The quantitative estimate of drug-likeness (QED) is 0.256. The SMILES string of the molecule is COc1ccc(C(=O)Nc2ccc(SC(C(=O)Nc3nc(C)cs3)c3ccccc3)cc2)cc1OC. The average Bonchev–Trinajstić information content (AvgIpc) is 3.32. The zero-order chi connectivity index (χ0) is 25.5. The molecular formula is C27H25N3O4S2. The van der Waals surface area contributed by atoms with Crippen molar-refractivity contribution in [1.82, 2.24) is 4.98 Å². The van der Waals surface area contributed by atoms with Gasteiger partial charge in [-0.05, 0) is 55.0 Å². The highest BCUT2D eigenvalue weighted by Gasteiger charge is 2.23. The van der Waals surface area contributed by atoms with Crippen molar-refractivity contribution < 1.29 is 19.1 Å². The molecule has 1 heterocycles. The van der Waals surface area contributed by atoms with E-state index in [0.717, 1.165) is 16.2 Å². The van der Waals surface area contributed by atoms with E-state index in [-0.39, 0.29) is 11.8 Å². The second-order valence-electron chi connectivity index (χ2n) is 7.74. The van der Waals surface area contributed by atoms with Gasteiger partial charge < -0.3 is 20.1 Å². The number of hydrogen-bond acceptors (Lipinski definition) is 7.